The predicted molar refractivity (Wildman–Crippen MR) is 300 cm³/mol. The highest BCUT2D eigenvalue weighted by molar-refractivity contribution is 5.49. The zero-order valence-electron chi connectivity index (χ0n) is 49.3. The molecule has 4 heteroatoms. The number of hydrogen-bond acceptors (Lipinski definition) is 4. The van der Waals surface area contributed by atoms with E-state index in [2.05, 4.69) is 195 Å². The molecule has 4 rings (SSSR count). The molecule has 0 saturated heterocycles. The maximum absolute atomic E-state index is 2.56. The minimum absolute atomic E-state index is 0.553. The molecule has 3 aliphatic rings. The summed E-state index contributed by atoms with van der Waals surface area (Å²) in [6.07, 6.45) is 18.6. The molecule has 382 valence electrons. The third-order valence-corrected chi connectivity index (χ3v) is 13.7. The van der Waals surface area contributed by atoms with Crippen molar-refractivity contribution in [2.75, 3.05) is 33.1 Å². The van der Waals surface area contributed by atoms with Gasteiger partial charge in [0.25, 0.3) is 0 Å². The summed E-state index contributed by atoms with van der Waals surface area (Å²) in [6, 6.07) is 13.7. The molecule has 1 saturated carbocycles. The SMILES string of the molecule is CC.CC.CC.CC.CC(C)C1=CC(N(C)C(C)C)CCC1.CC(C)C1=CCCC(N(C)C(C)C)C1.CC(C)C1CCCC(N(C)C(C)C)C1.CC(C)c1cccc(N(C)C(C)C)c1. The number of nitrogens with zero attached hydrogens (tertiary/aromatic N) is 4. The molecule has 1 fully saturated rings. The Bertz CT molecular complexity index is 1230. The highest BCUT2D eigenvalue weighted by atomic mass is 15.2. The summed E-state index contributed by atoms with van der Waals surface area (Å²) in [5.41, 5.74) is 6.05. The van der Waals surface area contributed by atoms with Gasteiger partial charge in [0.15, 0.2) is 0 Å². The van der Waals surface area contributed by atoms with Crippen LogP contribution in [0.2, 0.25) is 0 Å². The molecule has 0 bridgehead atoms. The number of allylic oxidation sites excluding steroid dienone is 2. The molecule has 0 aromatic heterocycles. The maximum atomic E-state index is 2.56. The van der Waals surface area contributed by atoms with Crippen molar-refractivity contribution in [3.63, 3.8) is 0 Å². The molecule has 1 aromatic carbocycles. The summed E-state index contributed by atoms with van der Waals surface area (Å²) in [5.74, 6) is 3.92. The normalized spacial score (nSPS) is 19.4. The second-order valence-corrected chi connectivity index (χ2v) is 20.3. The Hall–Kier alpha value is -1.62. The number of anilines is 1. The van der Waals surface area contributed by atoms with Crippen molar-refractivity contribution in [2.24, 2.45) is 23.7 Å². The highest BCUT2D eigenvalue weighted by Crippen LogP contribution is 2.33. The van der Waals surface area contributed by atoms with Gasteiger partial charge in [-0.05, 0) is 175 Å². The third kappa shape index (κ3) is 28.5. The lowest BCUT2D eigenvalue weighted by Gasteiger charge is -2.38. The second kappa shape index (κ2) is 40.4. The van der Waals surface area contributed by atoms with E-state index in [1.165, 1.54) is 75.5 Å². The molecule has 0 N–H and O–H groups in total. The monoisotopic (exact) mass is 899 g/mol. The number of rotatable bonds is 12. The van der Waals surface area contributed by atoms with Crippen LogP contribution in [-0.2, 0) is 0 Å². The molecule has 4 nitrogen and oxygen atoms in total. The lowest BCUT2D eigenvalue weighted by atomic mass is 9.78. The average molecular weight is 900 g/mol. The molecule has 0 heterocycles. The first kappa shape index (κ1) is 69.0. The van der Waals surface area contributed by atoms with E-state index in [0.29, 0.717) is 36.1 Å². The summed E-state index contributed by atoms with van der Waals surface area (Å²) in [4.78, 5) is 9.87. The smallest absolute Gasteiger partial charge is 0.0368 e. The molecular formula is C60H122N4. The molecular weight excluding hydrogens is 777 g/mol. The van der Waals surface area contributed by atoms with Crippen LogP contribution in [0.3, 0.4) is 0 Å². The fourth-order valence-electron chi connectivity index (χ4n) is 8.27. The van der Waals surface area contributed by atoms with Crippen LogP contribution in [0.15, 0.2) is 47.6 Å². The molecule has 0 radical (unpaired) electrons. The number of hydrogen-bond donors (Lipinski definition) is 0. The zero-order valence-corrected chi connectivity index (χ0v) is 49.3. The van der Waals surface area contributed by atoms with Crippen LogP contribution in [0.5, 0.6) is 0 Å². The van der Waals surface area contributed by atoms with Crippen LogP contribution in [0, 0.1) is 23.7 Å². The summed E-state index contributed by atoms with van der Waals surface area (Å²) in [6.45, 7) is 52.6. The van der Waals surface area contributed by atoms with Crippen molar-refractivity contribution in [1.29, 1.82) is 0 Å². The Balaban J connectivity index is -0.000000355. The van der Waals surface area contributed by atoms with Gasteiger partial charge < -0.3 is 14.7 Å². The topological polar surface area (TPSA) is 13.0 Å². The van der Waals surface area contributed by atoms with E-state index in [1.54, 1.807) is 11.1 Å². The fourth-order valence-corrected chi connectivity index (χ4v) is 8.27. The van der Waals surface area contributed by atoms with Gasteiger partial charge in [-0.1, -0.05) is 159 Å². The largest absolute Gasteiger partial charge is 0.372 e. The standard InChI is InChI=1S/C13H27N.2C13H25N.C13H21N.4C2H6/c4*1-10(2)12-7-6-8-13(9-12)14(5)11(3)4;4*1-2/h10-13H,6-9H2,1-5H3;9-11,13H,6-8H2,1-5H3;7,10-11,13H,6,8-9H2,1-5H3;6-11H,1-5H3;4*1-2H3. The summed E-state index contributed by atoms with van der Waals surface area (Å²) < 4.78 is 0. The van der Waals surface area contributed by atoms with E-state index in [-0.39, 0.29) is 0 Å². The van der Waals surface area contributed by atoms with E-state index in [1.807, 2.05) is 55.4 Å². The number of benzene rings is 1. The van der Waals surface area contributed by atoms with Gasteiger partial charge in [0.05, 0.1) is 0 Å². The Labute approximate surface area is 407 Å². The second-order valence-electron chi connectivity index (χ2n) is 20.3. The van der Waals surface area contributed by atoms with Crippen molar-refractivity contribution in [3.8, 4) is 0 Å². The van der Waals surface area contributed by atoms with Crippen LogP contribution >= 0.6 is 0 Å². The molecule has 0 aliphatic heterocycles. The van der Waals surface area contributed by atoms with Crippen LogP contribution in [0.1, 0.15) is 242 Å². The Morgan fingerprint density at radius 2 is 1.00 bits per heavy atom. The van der Waals surface area contributed by atoms with Gasteiger partial charge in [0.1, 0.15) is 0 Å². The van der Waals surface area contributed by atoms with E-state index >= 15 is 0 Å². The zero-order chi connectivity index (χ0) is 50.9. The molecule has 0 spiro atoms. The van der Waals surface area contributed by atoms with Gasteiger partial charge in [-0.25, -0.2) is 0 Å². The quantitative estimate of drug-likeness (QED) is 0.194. The fraction of sp³-hybridized carbons (Fsp3) is 0.833. The van der Waals surface area contributed by atoms with E-state index < -0.39 is 0 Å². The van der Waals surface area contributed by atoms with Gasteiger partial charge in [-0.3, -0.25) is 4.90 Å². The highest BCUT2D eigenvalue weighted by Gasteiger charge is 2.27. The van der Waals surface area contributed by atoms with E-state index in [4.69, 9.17) is 0 Å². The Kier molecular flexibility index (Phi) is 43.6. The molecule has 4 unspecified atom stereocenters. The minimum atomic E-state index is 0.553. The van der Waals surface area contributed by atoms with Crippen LogP contribution < -0.4 is 4.90 Å². The average Bonchev–Trinajstić information content (AvgIpc) is 3.31. The third-order valence-electron chi connectivity index (χ3n) is 13.7. The minimum Gasteiger partial charge on any atom is -0.372 e. The van der Waals surface area contributed by atoms with Crippen molar-refractivity contribution in [3.05, 3.63) is 53.1 Å². The first-order chi connectivity index (χ1) is 30.1. The summed E-state index contributed by atoms with van der Waals surface area (Å²) in [5, 5.41) is 0. The van der Waals surface area contributed by atoms with Crippen molar-refractivity contribution in [1.82, 2.24) is 14.7 Å². The predicted octanol–water partition coefficient (Wildman–Crippen LogP) is 18.2. The van der Waals surface area contributed by atoms with E-state index in [9.17, 15) is 0 Å². The van der Waals surface area contributed by atoms with Crippen molar-refractivity contribution in [2.45, 2.75) is 279 Å². The Morgan fingerprint density at radius 3 is 1.44 bits per heavy atom. The first-order valence-electron chi connectivity index (χ1n) is 27.5. The summed E-state index contributed by atoms with van der Waals surface area (Å²) in [7, 11) is 8.94. The van der Waals surface area contributed by atoms with Gasteiger partial charge in [-0.15, -0.1) is 0 Å². The first-order valence-corrected chi connectivity index (χ1v) is 27.5. The van der Waals surface area contributed by atoms with Gasteiger partial charge in [-0.2, -0.15) is 0 Å². The van der Waals surface area contributed by atoms with Gasteiger partial charge in [0, 0.05) is 55.0 Å². The van der Waals surface area contributed by atoms with Crippen LogP contribution in [0.4, 0.5) is 5.69 Å². The molecule has 64 heavy (non-hydrogen) atoms. The summed E-state index contributed by atoms with van der Waals surface area (Å²) >= 11 is 0. The van der Waals surface area contributed by atoms with E-state index in [0.717, 1.165) is 35.8 Å². The lowest BCUT2D eigenvalue weighted by Crippen LogP contribution is -2.40. The maximum Gasteiger partial charge on any atom is 0.0368 e. The molecule has 4 atom stereocenters. The molecule has 1 aromatic rings. The van der Waals surface area contributed by atoms with Crippen molar-refractivity contribution >= 4 is 5.69 Å². The molecule has 0 amide bonds. The van der Waals surface area contributed by atoms with Crippen LogP contribution in [-0.4, -0.2) is 85.2 Å². The molecule has 3 aliphatic carbocycles. The van der Waals surface area contributed by atoms with Gasteiger partial charge in [0.2, 0.25) is 0 Å². The van der Waals surface area contributed by atoms with Gasteiger partial charge >= 0.3 is 0 Å². The lowest BCUT2D eigenvalue weighted by molar-refractivity contribution is 0.113. The number of likely N-dealkylation sites (N-methyl/N-ethyl adjacent to an activating group) is 1. The Morgan fingerprint density at radius 1 is 0.500 bits per heavy atom. The van der Waals surface area contributed by atoms with Crippen LogP contribution in [0.25, 0.3) is 0 Å². The van der Waals surface area contributed by atoms with Crippen molar-refractivity contribution < 1.29 is 0 Å².